The molecule has 3 nitrogen and oxygen atoms in total. The minimum atomic E-state index is 0.410. The quantitative estimate of drug-likeness (QED) is 0.868. The van der Waals surface area contributed by atoms with Crippen LogP contribution < -0.4 is 10.2 Å². The number of ether oxygens (including phenoxy) is 1. The van der Waals surface area contributed by atoms with E-state index < -0.39 is 0 Å². The Labute approximate surface area is 109 Å². The molecule has 0 aromatic heterocycles. The van der Waals surface area contributed by atoms with Gasteiger partial charge in [-0.1, -0.05) is 12.1 Å². The zero-order chi connectivity index (χ0) is 12.4. The van der Waals surface area contributed by atoms with E-state index in [1.54, 1.807) is 0 Å². The van der Waals surface area contributed by atoms with Crippen LogP contribution in [0.25, 0.3) is 0 Å². The molecule has 3 heteroatoms. The third kappa shape index (κ3) is 2.32. The summed E-state index contributed by atoms with van der Waals surface area (Å²) < 4.78 is 5.88. The lowest BCUT2D eigenvalue weighted by atomic mass is 10.1. The Morgan fingerprint density at radius 3 is 3.06 bits per heavy atom. The highest BCUT2D eigenvalue weighted by Crippen LogP contribution is 2.32. The highest BCUT2D eigenvalue weighted by molar-refractivity contribution is 5.72. The van der Waals surface area contributed by atoms with E-state index in [4.69, 9.17) is 4.74 Å². The average molecular weight is 246 g/mol. The first kappa shape index (κ1) is 11.8. The molecule has 2 unspecified atom stereocenters. The molecule has 3 rings (SSSR count). The Morgan fingerprint density at radius 2 is 2.22 bits per heavy atom. The molecule has 0 amide bonds. The van der Waals surface area contributed by atoms with Crippen molar-refractivity contribution in [1.29, 1.82) is 0 Å². The first-order chi connectivity index (χ1) is 8.84. The summed E-state index contributed by atoms with van der Waals surface area (Å²) >= 11 is 0. The molecule has 1 N–H and O–H groups in total. The Hall–Kier alpha value is -1.22. The van der Waals surface area contributed by atoms with Crippen LogP contribution in [0.2, 0.25) is 0 Å². The molecule has 1 fully saturated rings. The van der Waals surface area contributed by atoms with Crippen LogP contribution in [0.4, 0.5) is 11.4 Å². The summed E-state index contributed by atoms with van der Waals surface area (Å²) in [5.41, 5.74) is 2.58. The zero-order valence-corrected chi connectivity index (χ0v) is 11.1. The number of nitrogens with one attached hydrogen (secondary N) is 1. The van der Waals surface area contributed by atoms with Crippen molar-refractivity contribution in [3.05, 3.63) is 24.3 Å². The fourth-order valence-corrected chi connectivity index (χ4v) is 2.93. The number of para-hydroxylation sites is 2. The van der Waals surface area contributed by atoms with Gasteiger partial charge in [0.2, 0.25) is 0 Å². The van der Waals surface area contributed by atoms with Crippen molar-refractivity contribution in [2.75, 3.05) is 29.9 Å². The van der Waals surface area contributed by atoms with Crippen LogP contribution in [-0.2, 0) is 4.74 Å². The maximum Gasteiger partial charge on any atom is 0.0750 e. The predicted octanol–water partition coefficient (Wildman–Crippen LogP) is 2.88. The molecular weight excluding hydrogens is 224 g/mol. The molecule has 2 aliphatic rings. The van der Waals surface area contributed by atoms with Crippen LogP contribution in [0.1, 0.15) is 26.2 Å². The third-order valence-corrected chi connectivity index (χ3v) is 4.01. The van der Waals surface area contributed by atoms with Crippen LogP contribution in [-0.4, -0.2) is 31.8 Å². The Morgan fingerprint density at radius 1 is 1.33 bits per heavy atom. The van der Waals surface area contributed by atoms with Crippen molar-refractivity contribution >= 4 is 11.4 Å². The number of anilines is 2. The fourth-order valence-electron chi connectivity index (χ4n) is 2.93. The molecule has 0 aliphatic carbocycles. The van der Waals surface area contributed by atoms with Gasteiger partial charge in [0.05, 0.1) is 17.5 Å². The Kier molecular flexibility index (Phi) is 3.41. The average Bonchev–Trinajstić information content (AvgIpc) is 2.43. The van der Waals surface area contributed by atoms with E-state index in [1.165, 1.54) is 30.6 Å². The SMILES string of the molecule is CC1CNc2ccccc2N1CC1CCCCO1. The molecule has 0 radical (unpaired) electrons. The zero-order valence-electron chi connectivity index (χ0n) is 11.1. The first-order valence-corrected chi connectivity index (χ1v) is 7.06. The van der Waals surface area contributed by atoms with Gasteiger partial charge in [-0.25, -0.2) is 0 Å². The van der Waals surface area contributed by atoms with E-state index in [0.717, 1.165) is 19.7 Å². The van der Waals surface area contributed by atoms with Crippen molar-refractivity contribution < 1.29 is 4.74 Å². The van der Waals surface area contributed by atoms with E-state index in [9.17, 15) is 0 Å². The van der Waals surface area contributed by atoms with Gasteiger partial charge in [-0.2, -0.15) is 0 Å². The van der Waals surface area contributed by atoms with E-state index in [2.05, 4.69) is 41.4 Å². The van der Waals surface area contributed by atoms with Crippen molar-refractivity contribution in [1.82, 2.24) is 0 Å². The molecule has 1 aromatic carbocycles. The van der Waals surface area contributed by atoms with Crippen molar-refractivity contribution in [2.45, 2.75) is 38.3 Å². The van der Waals surface area contributed by atoms with Gasteiger partial charge in [0.15, 0.2) is 0 Å². The summed E-state index contributed by atoms with van der Waals surface area (Å²) in [5, 5.41) is 3.50. The number of hydrogen-bond acceptors (Lipinski definition) is 3. The lowest BCUT2D eigenvalue weighted by molar-refractivity contribution is 0.0201. The molecule has 0 bridgehead atoms. The number of rotatable bonds is 2. The summed E-state index contributed by atoms with van der Waals surface area (Å²) in [6, 6.07) is 9.12. The normalized spacial score (nSPS) is 27.5. The van der Waals surface area contributed by atoms with Gasteiger partial charge in [-0.3, -0.25) is 0 Å². The van der Waals surface area contributed by atoms with Gasteiger partial charge in [0, 0.05) is 25.7 Å². The van der Waals surface area contributed by atoms with Gasteiger partial charge in [-0.15, -0.1) is 0 Å². The molecule has 18 heavy (non-hydrogen) atoms. The van der Waals surface area contributed by atoms with Crippen LogP contribution >= 0.6 is 0 Å². The molecular formula is C15H22N2O. The Bertz CT molecular complexity index is 401. The van der Waals surface area contributed by atoms with Crippen LogP contribution in [0.15, 0.2) is 24.3 Å². The van der Waals surface area contributed by atoms with Gasteiger partial charge in [0.25, 0.3) is 0 Å². The van der Waals surface area contributed by atoms with Crippen molar-refractivity contribution in [3.63, 3.8) is 0 Å². The second-order valence-electron chi connectivity index (χ2n) is 5.39. The molecule has 1 aromatic rings. The van der Waals surface area contributed by atoms with Gasteiger partial charge >= 0.3 is 0 Å². The standard InChI is InChI=1S/C15H22N2O/c1-12-10-16-14-7-2-3-8-15(14)17(12)11-13-6-4-5-9-18-13/h2-3,7-8,12-13,16H,4-6,9-11H2,1H3. The maximum absolute atomic E-state index is 5.88. The fraction of sp³-hybridized carbons (Fsp3) is 0.600. The highest BCUT2D eigenvalue weighted by atomic mass is 16.5. The Balaban J connectivity index is 1.77. The summed E-state index contributed by atoms with van der Waals surface area (Å²) in [5.74, 6) is 0. The molecule has 0 saturated carbocycles. The molecule has 1 saturated heterocycles. The number of benzene rings is 1. The first-order valence-electron chi connectivity index (χ1n) is 7.06. The third-order valence-electron chi connectivity index (χ3n) is 4.01. The molecule has 2 aliphatic heterocycles. The number of nitrogens with zero attached hydrogens (tertiary/aromatic N) is 1. The van der Waals surface area contributed by atoms with Crippen molar-refractivity contribution in [2.24, 2.45) is 0 Å². The largest absolute Gasteiger partial charge is 0.381 e. The number of fused-ring (bicyclic) bond motifs is 1. The number of hydrogen-bond donors (Lipinski definition) is 1. The highest BCUT2D eigenvalue weighted by Gasteiger charge is 2.26. The molecule has 2 atom stereocenters. The monoisotopic (exact) mass is 246 g/mol. The summed E-state index contributed by atoms with van der Waals surface area (Å²) in [6.45, 7) is 5.27. The maximum atomic E-state index is 5.88. The summed E-state index contributed by atoms with van der Waals surface area (Å²) in [6.07, 6.45) is 4.16. The lowest BCUT2D eigenvalue weighted by Crippen LogP contribution is -2.46. The molecule has 0 spiro atoms. The van der Waals surface area contributed by atoms with Gasteiger partial charge in [-0.05, 0) is 38.3 Å². The van der Waals surface area contributed by atoms with E-state index in [-0.39, 0.29) is 0 Å². The topological polar surface area (TPSA) is 24.5 Å². The lowest BCUT2D eigenvalue weighted by Gasteiger charge is -2.40. The molecule has 2 heterocycles. The smallest absolute Gasteiger partial charge is 0.0750 e. The van der Waals surface area contributed by atoms with E-state index in [0.29, 0.717) is 12.1 Å². The predicted molar refractivity (Wildman–Crippen MR) is 75.3 cm³/mol. The van der Waals surface area contributed by atoms with Crippen LogP contribution in [0.5, 0.6) is 0 Å². The molecule has 98 valence electrons. The van der Waals surface area contributed by atoms with Crippen LogP contribution in [0.3, 0.4) is 0 Å². The van der Waals surface area contributed by atoms with Gasteiger partial charge in [0.1, 0.15) is 0 Å². The van der Waals surface area contributed by atoms with Crippen molar-refractivity contribution in [3.8, 4) is 0 Å². The minimum absolute atomic E-state index is 0.410. The van der Waals surface area contributed by atoms with Crippen LogP contribution in [0, 0.1) is 0 Å². The van der Waals surface area contributed by atoms with E-state index >= 15 is 0 Å². The van der Waals surface area contributed by atoms with E-state index in [1.807, 2.05) is 0 Å². The second kappa shape index (κ2) is 5.19. The van der Waals surface area contributed by atoms with Gasteiger partial charge < -0.3 is 15.0 Å². The second-order valence-corrected chi connectivity index (χ2v) is 5.39. The summed E-state index contributed by atoms with van der Waals surface area (Å²) in [7, 11) is 0. The summed E-state index contributed by atoms with van der Waals surface area (Å²) in [4.78, 5) is 2.50. The minimum Gasteiger partial charge on any atom is -0.381 e.